The highest BCUT2D eigenvalue weighted by atomic mass is 32.2. The topological polar surface area (TPSA) is 90.6 Å². The quantitative estimate of drug-likeness (QED) is 0.685. The Kier molecular flexibility index (Phi) is 2.98. The van der Waals surface area contributed by atoms with Crippen LogP contribution in [0, 0.1) is 0 Å². The Morgan fingerprint density at radius 2 is 2.15 bits per heavy atom. The second-order valence-corrected chi connectivity index (χ2v) is 6.43. The highest BCUT2D eigenvalue weighted by molar-refractivity contribution is 7.92. The lowest BCUT2D eigenvalue weighted by molar-refractivity contribution is 0.607. The van der Waals surface area contributed by atoms with Gasteiger partial charge in [0.1, 0.15) is 0 Å². The monoisotopic (exact) mass is 290 g/mol. The van der Waals surface area contributed by atoms with Gasteiger partial charge in [0.25, 0.3) is 0 Å². The van der Waals surface area contributed by atoms with E-state index in [1.54, 1.807) is 12.4 Å². The molecule has 0 spiro atoms. The molecule has 1 aromatic carbocycles. The molecule has 3 aromatic rings. The van der Waals surface area contributed by atoms with Crippen molar-refractivity contribution in [1.29, 1.82) is 0 Å². The van der Waals surface area contributed by atoms with Crippen LogP contribution in [0.4, 0.5) is 5.69 Å². The van der Waals surface area contributed by atoms with Gasteiger partial charge in [-0.2, -0.15) is 0 Å². The molecule has 2 heterocycles. The minimum atomic E-state index is -3.27. The Bertz CT molecular complexity index is 835. The number of sulfonamides is 1. The summed E-state index contributed by atoms with van der Waals surface area (Å²) < 4.78 is 25.1. The van der Waals surface area contributed by atoms with Crippen LogP contribution in [0.2, 0.25) is 0 Å². The molecule has 0 saturated carbocycles. The average molecular weight is 290 g/mol. The number of nitrogens with one attached hydrogen (secondary N) is 3. The second kappa shape index (κ2) is 4.68. The highest BCUT2D eigenvalue weighted by Crippen LogP contribution is 2.24. The third-order valence-corrected chi connectivity index (χ3v) is 3.60. The van der Waals surface area contributed by atoms with E-state index in [-0.39, 0.29) is 0 Å². The van der Waals surface area contributed by atoms with Crippen molar-refractivity contribution in [2.75, 3.05) is 11.0 Å². The Labute approximate surface area is 116 Å². The van der Waals surface area contributed by atoms with Crippen LogP contribution in [-0.4, -0.2) is 29.6 Å². The number of hydrogen-bond donors (Lipinski definition) is 3. The van der Waals surface area contributed by atoms with Crippen molar-refractivity contribution in [2.45, 2.75) is 6.42 Å². The summed E-state index contributed by atoms with van der Waals surface area (Å²) in [7, 11) is -3.27. The standard InChI is InChI=1S/C13H14N4O2S/c1-20(18,19)17-10-2-3-13-12(5-10)9(6-15-13)4-11-7-14-8-16-11/h2-3,5-8,15,17H,4H2,1H3,(H,14,16). The number of H-pyrrole nitrogens is 2. The van der Waals surface area contributed by atoms with Crippen molar-refractivity contribution in [3.63, 3.8) is 0 Å². The number of hydrogen-bond acceptors (Lipinski definition) is 3. The Morgan fingerprint density at radius 1 is 1.30 bits per heavy atom. The lowest BCUT2D eigenvalue weighted by Crippen LogP contribution is -2.09. The number of fused-ring (bicyclic) bond motifs is 1. The smallest absolute Gasteiger partial charge is 0.229 e. The maximum absolute atomic E-state index is 11.3. The van der Waals surface area contributed by atoms with Gasteiger partial charge in [0.05, 0.1) is 18.3 Å². The molecule has 0 aliphatic carbocycles. The van der Waals surface area contributed by atoms with E-state index in [1.807, 2.05) is 24.5 Å². The van der Waals surface area contributed by atoms with E-state index in [9.17, 15) is 8.42 Å². The molecular weight excluding hydrogens is 276 g/mol. The van der Waals surface area contributed by atoms with E-state index in [1.165, 1.54) is 0 Å². The lowest BCUT2D eigenvalue weighted by Gasteiger charge is -2.04. The molecule has 2 aromatic heterocycles. The fraction of sp³-hybridized carbons (Fsp3) is 0.154. The molecule has 0 fully saturated rings. The van der Waals surface area contributed by atoms with Crippen molar-refractivity contribution in [2.24, 2.45) is 0 Å². The van der Waals surface area contributed by atoms with Gasteiger partial charge in [0.2, 0.25) is 10.0 Å². The molecular formula is C13H14N4O2S. The molecule has 3 rings (SSSR count). The van der Waals surface area contributed by atoms with E-state index in [4.69, 9.17) is 0 Å². The Hall–Kier alpha value is -2.28. The van der Waals surface area contributed by atoms with Crippen LogP contribution < -0.4 is 4.72 Å². The van der Waals surface area contributed by atoms with E-state index < -0.39 is 10.0 Å². The average Bonchev–Trinajstić information content (AvgIpc) is 2.98. The minimum absolute atomic E-state index is 0.558. The number of rotatable bonds is 4. The van der Waals surface area contributed by atoms with Gasteiger partial charge in [0.15, 0.2) is 0 Å². The van der Waals surface area contributed by atoms with Crippen LogP contribution in [0.1, 0.15) is 11.3 Å². The summed E-state index contributed by atoms with van der Waals surface area (Å²) in [4.78, 5) is 10.3. The summed E-state index contributed by atoms with van der Waals surface area (Å²) in [5.74, 6) is 0. The molecule has 3 N–H and O–H groups in total. The van der Waals surface area contributed by atoms with Crippen molar-refractivity contribution in [3.05, 3.63) is 48.2 Å². The SMILES string of the molecule is CS(=O)(=O)Nc1ccc2[nH]cc(Cc3c[nH]cn3)c2c1. The van der Waals surface area contributed by atoms with E-state index >= 15 is 0 Å². The summed E-state index contributed by atoms with van der Waals surface area (Å²) in [5.41, 5.74) is 3.54. The molecule has 0 aliphatic heterocycles. The number of anilines is 1. The minimum Gasteiger partial charge on any atom is -0.361 e. The first-order chi connectivity index (χ1) is 9.51. The number of aromatic amines is 2. The summed E-state index contributed by atoms with van der Waals surface area (Å²) >= 11 is 0. The fourth-order valence-electron chi connectivity index (χ4n) is 2.18. The zero-order valence-electron chi connectivity index (χ0n) is 10.8. The first kappa shape index (κ1) is 12.7. The van der Waals surface area contributed by atoms with Gasteiger partial charge in [-0.15, -0.1) is 0 Å². The van der Waals surface area contributed by atoms with Crippen molar-refractivity contribution in [1.82, 2.24) is 15.0 Å². The molecule has 0 unspecified atom stereocenters. The number of aromatic nitrogens is 3. The fourth-order valence-corrected chi connectivity index (χ4v) is 2.74. The number of nitrogens with zero attached hydrogens (tertiary/aromatic N) is 1. The predicted molar refractivity (Wildman–Crippen MR) is 78.2 cm³/mol. The largest absolute Gasteiger partial charge is 0.361 e. The van der Waals surface area contributed by atoms with Gasteiger partial charge in [-0.1, -0.05) is 0 Å². The molecule has 0 radical (unpaired) electrons. The molecule has 0 amide bonds. The van der Waals surface area contributed by atoms with Gasteiger partial charge in [-0.05, 0) is 23.8 Å². The van der Waals surface area contributed by atoms with Gasteiger partial charge in [0, 0.05) is 35.4 Å². The van der Waals surface area contributed by atoms with Crippen LogP contribution >= 0.6 is 0 Å². The lowest BCUT2D eigenvalue weighted by atomic mass is 10.1. The van der Waals surface area contributed by atoms with Gasteiger partial charge in [-0.25, -0.2) is 13.4 Å². The maximum Gasteiger partial charge on any atom is 0.229 e. The van der Waals surface area contributed by atoms with Crippen molar-refractivity contribution >= 4 is 26.6 Å². The first-order valence-electron chi connectivity index (χ1n) is 6.07. The molecule has 0 bridgehead atoms. The molecule has 104 valence electrons. The third kappa shape index (κ3) is 2.67. The van der Waals surface area contributed by atoms with Gasteiger partial charge >= 0.3 is 0 Å². The maximum atomic E-state index is 11.3. The molecule has 7 heteroatoms. The Balaban J connectivity index is 1.99. The molecule has 6 nitrogen and oxygen atoms in total. The Morgan fingerprint density at radius 3 is 2.85 bits per heavy atom. The third-order valence-electron chi connectivity index (χ3n) is 3.00. The van der Waals surface area contributed by atoms with Gasteiger partial charge < -0.3 is 9.97 Å². The van der Waals surface area contributed by atoms with E-state index in [0.29, 0.717) is 12.1 Å². The first-order valence-corrected chi connectivity index (χ1v) is 7.96. The summed E-state index contributed by atoms with van der Waals surface area (Å²) in [6.07, 6.45) is 7.23. The van der Waals surface area contributed by atoms with E-state index in [2.05, 4.69) is 19.7 Å². The second-order valence-electron chi connectivity index (χ2n) is 4.69. The zero-order valence-corrected chi connectivity index (χ0v) is 11.7. The highest BCUT2D eigenvalue weighted by Gasteiger charge is 2.08. The molecule has 20 heavy (non-hydrogen) atoms. The molecule has 0 saturated heterocycles. The van der Waals surface area contributed by atoms with Crippen LogP contribution in [0.3, 0.4) is 0 Å². The molecule has 0 atom stereocenters. The number of benzene rings is 1. The van der Waals surface area contributed by atoms with Crippen molar-refractivity contribution in [3.8, 4) is 0 Å². The summed E-state index contributed by atoms with van der Waals surface area (Å²) in [6.45, 7) is 0. The van der Waals surface area contributed by atoms with E-state index in [0.717, 1.165) is 28.4 Å². The van der Waals surface area contributed by atoms with Gasteiger partial charge in [-0.3, -0.25) is 4.72 Å². The zero-order chi connectivity index (χ0) is 14.2. The van der Waals surface area contributed by atoms with Crippen molar-refractivity contribution < 1.29 is 8.42 Å². The summed E-state index contributed by atoms with van der Waals surface area (Å²) in [5, 5.41) is 0.988. The van der Waals surface area contributed by atoms with Crippen LogP contribution in [0.5, 0.6) is 0 Å². The summed E-state index contributed by atoms with van der Waals surface area (Å²) in [6, 6.07) is 5.42. The predicted octanol–water partition coefficient (Wildman–Crippen LogP) is 1.85. The van der Waals surface area contributed by atoms with Crippen LogP contribution in [-0.2, 0) is 16.4 Å². The molecule has 0 aliphatic rings. The van der Waals surface area contributed by atoms with Crippen LogP contribution in [0.15, 0.2) is 36.9 Å². The number of imidazole rings is 1. The normalized spacial score (nSPS) is 11.8. The van der Waals surface area contributed by atoms with Crippen LogP contribution in [0.25, 0.3) is 10.9 Å².